The molecule has 2 aromatic carbocycles. The third kappa shape index (κ3) is 8.58. The number of methoxy groups -OCH3 is 1. The first-order valence-corrected chi connectivity index (χ1v) is 13.4. The number of anilines is 2. The van der Waals surface area contributed by atoms with Crippen molar-refractivity contribution in [2.75, 3.05) is 44.4 Å². The van der Waals surface area contributed by atoms with E-state index in [1.54, 1.807) is 31.4 Å². The smallest absolute Gasteiger partial charge is 0.406 e. The van der Waals surface area contributed by atoms with Gasteiger partial charge in [-0.1, -0.05) is 12.0 Å². The molecule has 0 saturated carbocycles. The fourth-order valence-corrected chi connectivity index (χ4v) is 4.72. The second-order valence-corrected chi connectivity index (χ2v) is 9.77. The Morgan fingerprint density at radius 2 is 1.90 bits per heavy atom. The zero-order valence-electron chi connectivity index (χ0n) is 22.3. The molecule has 1 aliphatic heterocycles. The lowest BCUT2D eigenvalue weighted by atomic mass is 10.0. The van der Waals surface area contributed by atoms with Crippen LogP contribution in [0.2, 0.25) is 0 Å². The molecule has 0 aliphatic carbocycles. The molecule has 0 spiro atoms. The number of aldehydes is 1. The molecule has 0 radical (unpaired) electrons. The van der Waals surface area contributed by atoms with Gasteiger partial charge in [0.05, 0.1) is 30.6 Å². The molecular formula is C28H34F3N5O2S. The van der Waals surface area contributed by atoms with Crippen LogP contribution in [0.3, 0.4) is 0 Å². The highest BCUT2D eigenvalue weighted by atomic mass is 32.2. The summed E-state index contributed by atoms with van der Waals surface area (Å²) in [6.45, 7) is 2.56. The first-order chi connectivity index (χ1) is 18.7. The number of piperidine rings is 1. The third-order valence-electron chi connectivity index (χ3n) is 6.25. The predicted octanol–water partition coefficient (Wildman–Crippen LogP) is 5.35. The summed E-state index contributed by atoms with van der Waals surface area (Å²) in [4.78, 5) is 11.9. The number of halogens is 3. The van der Waals surface area contributed by atoms with Crippen molar-refractivity contribution in [2.45, 2.75) is 43.4 Å². The van der Waals surface area contributed by atoms with Crippen molar-refractivity contribution in [3.05, 3.63) is 48.2 Å². The van der Waals surface area contributed by atoms with Crippen LogP contribution in [-0.2, 0) is 11.3 Å². The lowest BCUT2D eigenvalue weighted by Gasteiger charge is -2.30. The Kier molecular flexibility index (Phi) is 11.0. The van der Waals surface area contributed by atoms with E-state index in [0.29, 0.717) is 17.0 Å². The number of nitrogens with zero attached hydrogens (tertiary/aromatic N) is 2. The largest absolute Gasteiger partial charge is 0.495 e. The van der Waals surface area contributed by atoms with Gasteiger partial charge in [-0.3, -0.25) is 5.14 Å². The molecule has 7 nitrogen and oxygen atoms in total. The summed E-state index contributed by atoms with van der Waals surface area (Å²) in [5.74, 6) is 6.52. The number of ether oxygens (including phenoxy) is 1. The van der Waals surface area contributed by atoms with Crippen LogP contribution in [0.25, 0.3) is 10.9 Å². The van der Waals surface area contributed by atoms with E-state index in [4.69, 9.17) is 14.7 Å². The average Bonchev–Trinajstić information content (AvgIpc) is 3.25. The van der Waals surface area contributed by atoms with Crippen molar-refractivity contribution in [1.82, 2.24) is 9.47 Å². The first-order valence-electron chi connectivity index (χ1n) is 12.5. The molecule has 0 bridgehead atoms. The van der Waals surface area contributed by atoms with Crippen LogP contribution in [0.15, 0.2) is 47.4 Å². The molecule has 1 fully saturated rings. The Morgan fingerprint density at radius 3 is 2.54 bits per heavy atom. The molecule has 210 valence electrons. The zero-order chi connectivity index (χ0) is 28.4. The fourth-order valence-electron chi connectivity index (χ4n) is 4.40. The van der Waals surface area contributed by atoms with Gasteiger partial charge >= 0.3 is 6.18 Å². The number of hydrogen-bond acceptors (Lipinski definition) is 7. The lowest BCUT2D eigenvalue weighted by Crippen LogP contribution is -2.36. The fraction of sp³-hybridized carbons (Fsp3) is 0.393. The second-order valence-electron chi connectivity index (χ2n) is 9.06. The van der Waals surface area contributed by atoms with E-state index in [1.165, 1.54) is 11.5 Å². The molecular weight excluding hydrogens is 527 g/mol. The number of carbonyl (C=O) groups is 1. The highest BCUT2D eigenvalue weighted by Gasteiger charge is 2.30. The number of rotatable bonds is 7. The molecule has 11 heteroatoms. The summed E-state index contributed by atoms with van der Waals surface area (Å²) >= 11 is 1.11. The van der Waals surface area contributed by atoms with Gasteiger partial charge in [-0.2, -0.15) is 13.2 Å². The maximum Gasteiger partial charge on any atom is 0.406 e. The average molecular weight is 562 g/mol. The summed E-state index contributed by atoms with van der Waals surface area (Å²) < 4.78 is 47.0. The molecule has 4 N–H and O–H groups in total. The van der Waals surface area contributed by atoms with E-state index >= 15 is 0 Å². The standard InChI is InChI=1S/C26H30F3N5OS.C2H4O/c1-33-13-10-18(11-14-33)32-22-6-3-7-24-21(22)15-19(34(24)17-26(27,28)29)5-4-12-31-23-9-8-20(36-30)16-25(23)35-2;1-2-3/h3,6-9,15-16,18,31-32H,10-14,17,30H2,1-2H3;2H,1H3. The molecule has 3 aromatic rings. The van der Waals surface area contributed by atoms with Gasteiger partial charge in [-0.25, -0.2) is 0 Å². The molecule has 39 heavy (non-hydrogen) atoms. The molecule has 0 amide bonds. The minimum Gasteiger partial charge on any atom is -0.495 e. The zero-order valence-corrected chi connectivity index (χ0v) is 23.1. The summed E-state index contributed by atoms with van der Waals surface area (Å²) in [7, 11) is 3.66. The van der Waals surface area contributed by atoms with Gasteiger partial charge in [0.1, 0.15) is 18.6 Å². The Bertz CT molecular complexity index is 1310. The number of alkyl halides is 3. The van der Waals surface area contributed by atoms with E-state index in [9.17, 15) is 13.2 Å². The van der Waals surface area contributed by atoms with Crippen LogP contribution < -0.4 is 20.5 Å². The molecule has 1 aliphatic rings. The van der Waals surface area contributed by atoms with Crippen molar-refractivity contribution in [3.63, 3.8) is 0 Å². The highest BCUT2D eigenvalue weighted by Crippen LogP contribution is 2.31. The minimum absolute atomic E-state index is 0.236. The highest BCUT2D eigenvalue weighted by molar-refractivity contribution is 7.97. The Labute approximate surface area is 231 Å². The number of nitrogens with two attached hydrogens (primary N) is 1. The normalized spacial score (nSPS) is 14.1. The summed E-state index contributed by atoms with van der Waals surface area (Å²) in [6, 6.07) is 13.0. The third-order valence-corrected chi connectivity index (χ3v) is 6.78. The van der Waals surface area contributed by atoms with E-state index in [1.807, 2.05) is 18.2 Å². The van der Waals surface area contributed by atoms with Gasteiger partial charge in [-0.05, 0) is 94.2 Å². The Hall–Kier alpha value is -3.33. The van der Waals surface area contributed by atoms with E-state index in [-0.39, 0.29) is 12.6 Å². The predicted molar refractivity (Wildman–Crippen MR) is 152 cm³/mol. The Morgan fingerprint density at radius 1 is 1.18 bits per heavy atom. The maximum absolute atomic E-state index is 13.5. The van der Waals surface area contributed by atoms with Gasteiger partial charge in [0, 0.05) is 22.0 Å². The second kappa shape index (κ2) is 14.2. The Balaban J connectivity index is 0.00000134. The SMILES string of the molecule is CC=O.COc1cc(SN)ccc1NCC#Cc1cc2c(NC3CCN(C)CC3)cccc2n1CC(F)(F)F. The van der Waals surface area contributed by atoms with Gasteiger partial charge < -0.3 is 29.6 Å². The van der Waals surface area contributed by atoms with Crippen molar-refractivity contribution >= 4 is 40.5 Å². The van der Waals surface area contributed by atoms with Crippen LogP contribution in [0.1, 0.15) is 25.5 Å². The van der Waals surface area contributed by atoms with Crippen molar-refractivity contribution in [1.29, 1.82) is 0 Å². The number of likely N-dealkylation sites (tertiary alicyclic amines) is 1. The van der Waals surface area contributed by atoms with Crippen LogP contribution in [0.5, 0.6) is 5.75 Å². The molecule has 4 rings (SSSR count). The molecule has 2 heterocycles. The van der Waals surface area contributed by atoms with Gasteiger partial charge in [0.15, 0.2) is 0 Å². The van der Waals surface area contributed by atoms with E-state index < -0.39 is 12.7 Å². The number of fused-ring (bicyclic) bond motifs is 1. The summed E-state index contributed by atoms with van der Waals surface area (Å²) in [5, 5.41) is 13.1. The monoisotopic (exact) mass is 561 g/mol. The van der Waals surface area contributed by atoms with E-state index in [2.05, 4.69) is 34.4 Å². The number of carbonyl (C=O) groups excluding carboxylic acids is 1. The van der Waals surface area contributed by atoms with Crippen molar-refractivity contribution < 1.29 is 22.7 Å². The number of hydrogen-bond donors (Lipinski definition) is 3. The minimum atomic E-state index is -4.37. The van der Waals surface area contributed by atoms with Crippen LogP contribution in [0, 0.1) is 11.8 Å². The van der Waals surface area contributed by atoms with Crippen molar-refractivity contribution in [3.8, 4) is 17.6 Å². The number of benzene rings is 2. The number of aromatic nitrogens is 1. The topological polar surface area (TPSA) is 84.5 Å². The van der Waals surface area contributed by atoms with Crippen LogP contribution >= 0.6 is 11.9 Å². The van der Waals surface area contributed by atoms with Crippen LogP contribution in [-0.4, -0.2) is 61.8 Å². The molecule has 0 unspecified atom stereocenters. The van der Waals surface area contributed by atoms with Gasteiger partial charge in [0.25, 0.3) is 0 Å². The summed E-state index contributed by atoms with van der Waals surface area (Å²) in [5.41, 5.74) is 2.40. The maximum atomic E-state index is 13.5. The molecule has 1 saturated heterocycles. The lowest BCUT2D eigenvalue weighted by molar-refractivity contribution is -0.140. The molecule has 1 aromatic heterocycles. The quantitative estimate of drug-likeness (QED) is 0.204. The van der Waals surface area contributed by atoms with Gasteiger partial charge in [0.2, 0.25) is 0 Å². The molecule has 0 atom stereocenters. The van der Waals surface area contributed by atoms with E-state index in [0.717, 1.165) is 65.8 Å². The van der Waals surface area contributed by atoms with Crippen LogP contribution in [0.4, 0.5) is 24.5 Å². The number of nitrogens with one attached hydrogen (secondary N) is 2. The first kappa shape index (κ1) is 30.2. The van der Waals surface area contributed by atoms with Gasteiger partial charge in [-0.15, -0.1) is 0 Å². The van der Waals surface area contributed by atoms with Crippen molar-refractivity contribution in [2.24, 2.45) is 5.14 Å². The summed E-state index contributed by atoms with van der Waals surface area (Å²) in [6.07, 6.45) is -1.64.